The van der Waals surface area contributed by atoms with Crippen molar-refractivity contribution in [1.82, 2.24) is 4.57 Å². The molecule has 0 N–H and O–H groups in total. The van der Waals surface area contributed by atoms with Gasteiger partial charge in [-0.1, -0.05) is 48.1 Å². The predicted molar refractivity (Wildman–Crippen MR) is 124 cm³/mol. The smallest absolute Gasteiger partial charge is 0.106 e. The van der Waals surface area contributed by atoms with Crippen molar-refractivity contribution in [3.63, 3.8) is 0 Å². The van der Waals surface area contributed by atoms with E-state index in [1.807, 2.05) is 6.92 Å². The molecule has 1 heterocycles. The Balaban J connectivity index is 1.94. The second kappa shape index (κ2) is 7.59. The summed E-state index contributed by atoms with van der Waals surface area (Å²) in [5.74, 6) is 0. The Morgan fingerprint density at radius 3 is 2.21 bits per heavy atom. The summed E-state index contributed by atoms with van der Waals surface area (Å²) in [6, 6.07) is 21.6. The Morgan fingerprint density at radius 1 is 0.966 bits per heavy atom. The van der Waals surface area contributed by atoms with Gasteiger partial charge in [-0.2, -0.15) is 0 Å². The van der Waals surface area contributed by atoms with E-state index in [1.54, 1.807) is 7.11 Å². The summed E-state index contributed by atoms with van der Waals surface area (Å²) in [5, 5.41) is 6.56. The van der Waals surface area contributed by atoms with E-state index in [0.717, 1.165) is 29.0 Å². The Bertz CT molecular complexity index is 1260. The quantitative estimate of drug-likeness (QED) is 0.284. The number of fused-ring (bicyclic) bond motifs is 3. The number of nitrogens with zero attached hydrogens (tertiary/aromatic N) is 2. The minimum absolute atomic E-state index is 0.868. The Hall–Kier alpha value is -3.33. The molecule has 0 saturated heterocycles. The van der Waals surface area contributed by atoms with Crippen LogP contribution in [-0.2, 0) is 11.4 Å². The summed E-state index contributed by atoms with van der Waals surface area (Å²) in [7, 11) is 1.58. The number of aryl methyl sites for hydroxylation is 2. The van der Waals surface area contributed by atoms with Crippen LogP contribution in [0.25, 0.3) is 27.4 Å². The highest BCUT2D eigenvalue weighted by atomic mass is 16.6. The maximum absolute atomic E-state index is 4.97. The van der Waals surface area contributed by atoms with Crippen LogP contribution in [0.5, 0.6) is 0 Å². The molecule has 3 aromatic carbocycles. The number of aromatic nitrogens is 1. The topological polar surface area (TPSA) is 26.5 Å². The third kappa shape index (κ3) is 3.23. The molecule has 0 bridgehead atoms. The minimum Gasteiger partial charge on any atom is -0.399 e. The molecule has 0 fully saturated rings. The van der Waals surface area contributed by atoms with Gasteiger partial charge in [-0.05, 0) is 72.9 Å². The zero-order valence-electron chi connectivity index (χ0n) is 17.5. The van der Waals surface area contributed by atoms with E-state index < -0.39 is 0 Å². The number of benzene rings is 3. The van der Waals surface area contributed by atoms with Crippen molar-refractivity contribution in [2.24, 2.45) is 5.16 Å². The SMILES string of the molecule is C=C(c1ccc2c(c1)c1cc(/C(C)=N/OC)ccc1n2CC)c1ccccc1C. The molecule has 0 aliphatic carbocycles. The Morgan fingerprint density at radius 2 is 1.59 bits per heavy atom. The van der Waals surface area contributed by atoms with Crippen molar-refractivity contribution in [2.45, 2.75) is 27.3 Å². The van der Waals surface area contributed by atoms with Crippen molar-refractivity contribution in [1.29, 1.82) is 0 Å². The maximum atomic E-state index is 4.97. The van der Waals surface area contributed by atoms with Crippen molar-refractivity contribution < 1.29 is 4.84 Å². The second-order valence-corrected chi connectivity index (χ2v) is 7.36. The van der Waals surface area contributed by atoms with Gasteiger partial charge < -0.3 is 9.40 Å². The lowest BCUT2D eigenvalue weighted by molar-refractivity contribution is 0.213. The van der Waals surface area contributed by atoms with Crippen LogP contribution in [0.3, 0.4) is 0 Å². The van der Waals surface area contributed by atoms with Gasteiger partial charge in [0, 0.05) is 28.4 Å². The van der Waals surface area contributed by atoms with E-state index in [9.17, 15) is 0 Å². The van der Waals surface area contributed by atoms with Crippen LogP contribution in [0.1, 0.15) is 36.1 Å². The number of hydrogen-bond acceptors (Lipinski definition) is 2. The van der Waals surface area contributed by atoms with E-state index in [1.165, 1.54) is 32.9 Å². The first-order chi connectivity index (χ1) is 14.0. The molecule has 4 aromatic rings. The molecule has 4 rings (SSSR count). The molecule has 0 aliphatic heterocycles. The van der Waals surface area contributed by atoms with Crippen LogP contribution < -0.4 is 0 Å². The molecule has 0 unspecified atom stereocenters. The third-order valence-electron chi connectivity index (χ3n) is 5.65. The fraction of sp³-hybridized carbons (Fsp3) is 0.192. The zero-order valence-corrected chi connectivity index (χ0v) is 17.5. The Labute approximate surface area is 171 Å². The summed E-state index contributed by atoms with van der Waals surface area (Å²) < 4.78 is 2.36. The molecule has 29 heavy (non-hydrogen) atoms. The summed E-state index contributed by atoms with van der Waals surface area (Å²) >= 11 is 0. The van der Waals surface area contributed by atoms with Gasteiger partial charge in [-0.25, -0.2) is 0 Å². The molecule has 1 aromatic heterocycles. The first-order valence-corrected chi connectivity index (χ1v) is 9.94. The predicted octanol–water partition coefficient (Wildman–Crippen LogP) is 6.55. The largest absolute Gasteiger partial charge is 0.399 e. The normalized spacial score (nSPS) is 11.9. The van der Waals surface area contributed by atoms with Crippen LogP contribution in [-0.4, -0.2) is 17.4 Å². The lowest BCUT2D eigenvalue weighted by atomic mass is 9.94. The Kier molecular flexibility index (Phi) is 4.98. The van der Waals surface area contributed by atoms with Gasteiger partial charge in [0.25, 0.3) is 0 Å². The molecule has 0 spiro atoms. The van der Waals surface area contributed by atoms with Crippen LogP contribution in [0.15, 0.2) is 72.4 Å². The summed E-state index contributed by atoms with van der Waals surface area (Å²) in [6.07, 6.45) is 0. The van der Waals surface area contributed by atoms with Crippen LogP contribution in [0.2, 0.25) is 0 Å². The monoisotopic (exact) mass is 382 g/mol. The van der Waals surface area contributed by atoms with Gasteiger partial charge in [0.05, 0.1) is 5.71 Å². The maximum Gasteiger partial charge on any atom is 0.106 e. The van der Waals surface area contributed by atoms with Gasteiger partial charge in [-0.15, -0.1) is 0 Å². The summed E-state index contributed by atoms with van der Waals surface area (Å²) in [5.41, 5.74) is 9.03. The van der Waals surface area contributed by atoms with E-state index in [0.29, 0.717) is 0 Å². The standard InChI is InChI=1S/C26H26N2O/c1-6-28-25-13-11-20(18(3)22-10-8-7-9-17(22)2)15-23(25)24-16-21(12-14-26(24)28)19(4)27-29-5/h7-16H,3,6H2,1-2,4-5H3/b27-19+. The van der Waals surface area contributed by atoms with Crippen molar-refractivity contribution in [3.8, 4) is 0 Å². The fourth-order valence-corrected chi connectivity index (χ4v) is 4.11. The van der Waals surface area contributed by atoms with Gasteiger partial charge in [-0.3, -0.25) is 0 Å². The summed E-state index contributed by atoms with van der Waals surface area (Å²) in [6.45, 7) is 11.6. The fourth-order valence-electron chi connectivity index (χ4n) is 4.11. The van der Waals surface area contributed by atoms with Gasteiger partial charge >= 0.3 is 0 Å². The molecule has 0 atom stereocenters. The molecule has 0 amide bonds. The number of hydrogen-bond donors (Lipinski definition) is 0. The third-order valence-corrected chi connectivity index (χ3v) is 5.65. The van der Waals surface area contributed by atoms with E-state index >= 15 is 0 Å². The van der Waals surface area contributed by atoms with Crippen LogP contribution in [0.4, 0.5) is 0 Å². The molecular formula is C26H26N2O. The molecule has 146 valence electrons. The lowest BCUT2D eigenvalue weighted by Crippen LogP contribution is -1.96. The first kappa shape index (κ1) is 19.0. The van der Waals surface area contributed by atoms with Crippen molar-refractivity contribution >= 4 is 33.1 Å². The van der Waals surface area contributed by atoms with E-state index in [2.05, 4.69) is 90.8 Å². The van der Waals surface area contributed by atoms with Gasteiger partial charge in [0.1, 0.15) is 7.11 Å². The van der Waals surface area contributed by atoms with Crippen molar-refractivity contribution in [3.05, 3.63) is 89.5 Å². The van der Waals surface area contributed by atoms with E-state index in [-0.39, 0.29) is 0 Å². The van der Waals surface area contributed by atoms with Gasteiger partial charge in [0.2, 0.25) is 0 Å². The highest BCUT2D eigenvalue weighted by Gasteiger charge is 2.13. The molecule has 0 saturated carbocycles. The average Bonchev–Trinajstić information content (AvgIpc) is 3.06. The summed E-state index contributed by atoms with van der Waals surface area (Å²) in [4.78, 5) is 4.97. The average molecular weight is 383 g/mol. The first-order valence-electron chi connectivity index (χ1n) is 9.94. The van der Waals surface area contributed by atoms with Gasteiger partial charge in [0.15, 0.2) is 0 Å². The molecular weight excluding hydrogens is 356 g/mol. The van der Waals surface area contributed by atoms with Crippen LogP contribution >= 0.6 is 0 Å². The number of rotatable bonds is 5. The molecule has 0 radical (unpaired) electrons. The zero-order chi connectivity index (χ0) is 20.5. The van der Waals surface area contributed by atoms with Crippen LogP contribution in [0, 0.1) is 6.92 Å². The van der Waals surface area contributed by atoms with E-state index in [4.69, 9.17) is 4.84 Å². The minimum atomic E-state index is 0.868. The number of oxime groups is 1. The molecule has 0 aliphatic rings. The van der Waals surface area contributed by atoms with Crippen molar-refractivity contribution in [2.75, 3.05) is 7.11 Å². The second-order valence-electron chi connectivity index (χ2n) is 7.36. The molecule has 3 heteroatoms. The molecule has 3 nitrogen and oxygen atoms in total. The lowest BCUT2D eigenvalue weighted by Gasteiger charge is -2.10. The highest BCUT2D eigenvalue weighted by Crippen LogP contribution is 2.34. The highest BCUT2D eigenvalue weighted by molar-refractivity contribution is 6.12.